The number of methoxy groups -OCH3 is 1. The number of hydrogen-bond acceptors (Lipinski definition) is 3. The maximum atomic E-state index is 12.6. The molecule has 1 aliphatic rings. The smallest absolute Gasteiger partial charge is 0.323 e. The molecule has 3 aromatic carbocycles. The number of hydrogen-bond donors (Lipinski definition) is 1. The zero-order chi connectivity index (χ0) is 19.3. The first kappa shape index (κ1) is 17.0. The third-order valence-corrected chi connectivity index (χ3v) is 6.01. The number of carbonyl (C=O) groups excluding carboxylic acids is 1. The molecule has 0 saturated carbocycles. The molecule has 0 aliphatic carbocycles. The van der Waals surface area contributed by atoms with E-state index in [2.05, 4.69) is 70.5 Å². The second-order valence-electron chi connectivity index (χ2n) is 7.44. The summed E-state index contributed by atoms with van der Waals surface area (Å²) in [6.07, 6.45) is 0.643. The van der Waals surface area contributed by atoms with E-state index in [9.17, 15) is 4.79 Å². The molecule has 0 saturated heterocycles. The van der Waals surface area contributed by atoms with Crippen LogP contribution in [0.4, 0.5) is 0 Å². The van der Waals surface area contributed by atoms with E-state index in [0.29, 0.717) is 6.42 Å². The van der Waals surface area contributed by atoms with Crippen LogP contribution in [0, 0.1) is 0 Å². The van der Waals surface area contributed by atoms with Crippen LogP contribution in [-0.4, -0.2) is 36.1 Å². The summed E-state index contributed by atoms with van der Waals surface area (Å²) >= 11 is 0. The molecule has 1 N–H and O–H groups in total. The lowest BCUT2D eigenvalue weighted by Gasteiger charge is -2.38. The lowest BCUT2D eigenvalue weighted by Crippen LogP contribution is -2.46. The van der Waals surface area contributed by atoms with Crippen LogP contribution in [0.2, 0.25) is 0 Å². The number of aromatic nitrogens is 1. The van der Waals surface area contributed by atoms with Gasteiger partial charge in [0.1, 0.15) is 6.04 Å². The van der Waals surface area contributed by atoms with Crippen LogP contribution in [0.15, 0.2) is 66.7 Å². The van der Waals surface area contributed by atoms with Gasteiger partial charge in [-0.1, -0.05) is 60.7 Å². The third kappa shape index (κ3) is 2.45. The summed E-state index contributed by atoms with van der Waals surface area (Å²) in [7, 11) is 3.48. The Bertz CT molecular complexity index is 1190. The standard InChI is InChI=1S/C24H22N2O2/c1-26-21(24(27)28-2)14-19-17-11-5-6-13-20(17)25-22(19)23(26)18-12-7-9-15-8-3-4-10-16(15)18/h3-13,21,23,25H,14H2,1-2H3/t21-,23-/m0/s1. The number of carbonyl (C=O) groups is 1. The van der Waals surface area contributed by atoms with Gasteiger partial charge in [0, 0.05) is 23.0 Å². The molecule has 4 heteroatoms. The topological polar surface area (TPSA) is 45.3 Å². The maximum absolute atomic E-state index is 12.6. The minimum Gasteiger partial charge on any atom is -0.468 e. The normalized spacial score (nSPS) is 19.6. The van der Waals surface area contributed by atoms with Gasteiger partial charge in [-0.05, 0) is 35.0 Å². The summed E-state index contributed by atoms with van der Waals surface area (Å²) in [5.41, 5.74) is 4.68. The first-order valence-corrected chi connectivity index (χ1v) is 9.56. The molecule has 1 aromatic heterocycles. The van der Waals surface area contributed by atoms with Gasteiger partial charge in [-0.25, -0.2) is 0 Å². The molecule has 4 nitrogen and oxygen atoms in total. The molecular formula is C24H22N2O2. The molecule has 0 unspecified atom stereocenters. The SMILES string of the molecule is COC(=O)[C@@H]1Cc2c([nH]c3ccccc23)[C@H](c2cccc3ccccc23)N1C. The van der Waals surface area contributed by atoms with Gasteiger partial charge in [0.05, 0.1) is 13.2 Å². The van der Waals surface area contributed by atoms with Crippen molar-refractivity contribution in [3.63, 3.8) is 0 Å². The van der Waals surface area contributed by atoms with Gasteiger partial charge in [-0.3, -0.25) is 9.69 Å². The summed E-state index contributed by atoms with van der Waals surface area (Å²) in [5.74, 6) is -0.191. The molecule has 4 aromatic rings. The number of nitrogens with one attached hydrogen (secondary N) is 1. The molecule has 0 radical (unpaired) electrons. The van der Waals surface area contributed by atoms with Crippen molar-refractivity contribution in [1.29, 1.82) is 0 Å². The van der Waals surface area contributed by atoms with Crippen LogP contribution < -0.4 is 0 Å². The zero-order valence-corrected chi connectivity index (χ0v) is 16.0. The van der Waals surface area contributed by atoms with Crippen molar-refractivity contribution in [2.24, 2.45) is 0 Å². The van der Waals surface area contributed by atoms with Gasteiger partial charge in [0.15, 0.2) is 0 Å². The predicted molar refractivity (Wildman–Crippen MR) is 111 cm³/mol. The number of nitrogens with zero attached hydrogens (tertiary/aromatic N) is 1. The average Bonchev–Trinajstić information content (AvgIpc) is 3.10. The first-order valence-electron chi connectivity index (χ1n) is 9.56. The molecular weight excluding hydrogens is 348 g/mol. The van der Waals surface area contributed by atoms with Crippen LogP contribution in [0.3, 0.4) is 0 Å². The highest BCUT2D eigenvalue weighted by atomic mass is 16.5. The fraction of sp³-hybridized carbons (Fsp3) is 0.208. The monoisotopic (exact) mass is 370 g/mol. The van der Waals surface area contributed by atoms with E-state index in [0.717, 1.165) is 5.52 Å². The Morgan fingerprint density at radius 3 is 2.54 bits per heavy atom. The molecule has 2 atom stereocenters. The van der Waals surface area contributed by atoms with Crippen molar-refractivity contribution in [2.75, 3.05) is 14.2 Å². The first-order chi connectivity index (χ1) is 13.7. The molecule has 0 spiro atoms. The molecule has 28 heavy (non-hydrogen) atoms. The van der Waals surface area contributed by atoms with Crippen molar-refractivity contribution < 1.29 is 9.53 Å². The number of likely N-dealkylation sites (N-methyl/N-ethyl adjacent to an activating group) is 1. The highest BCUT2D eigenvalue weighted by Gasteiger charge is 2.39. The van der Waals surface area contributed by atoms with Gasteiger partial charge in [-0.15, -0.1) is 0 Å². The highest BCUT2D eigenvalue weighted by molar-refractivity contribution is 5.90. The summed E-state index contributed by atoms with van der Waals surface area (Å²) in [4.78, 5) is 18.4. The van der Waals surface area contributed by atoms with Crippen LogP contribution in [0.5, 0.6) is 0 Å². The number of aromatic amines is 1. The second-order valence-corrected chi connectivity index (χ2v) is 7.44. The Kier molecular flexibility index (Phi) is 3.95. The Morgan fingerprint density at radius 2 is 1.71 bits per heavy atom. The van der Waals surface area contributed by atoms with Crippen molar-refractivity contribution in [1.82, 2.24) is 9.88 Å². The van der Waals surface area contributed by atoms with Crippen LogP contribution >= 0.6 is 0 Å². The third-order valence-electron chi connectivity index (χ3n) is 6.01. The van der Waals surface area contributed by atoms with E-state index in [1.807, 2.05) is 13.1 Å². The molecule has 0 fully saturated rings. The average molecular weight is 370 g/mol. The Balaban J connectivity index is 1.79. The van der Waals surface area contributed by atoms with E-state index < -0.39 is 0 Å². The minimum atomic E-state index is -0.319. The van der Waals surface area contributed by atoms with Crippen molar-refractivity contribution in [2.45, 2.75) is 18.5 Å². The van der Waals surface area contributed by atoms with Crippen LogP contribution in [-0.2, 0) is 16.0 Å². The molecule has 1 aliphatic heterocycles. The lowest BCUT2D eigenvalue weighted by atomic mass is 9.86. The number of para-hydroxylation sites is 1. The van der Waals surface area contributed by atoms with Crippen molar-refractivity contribution >= 4 is 27.6 Å². The molecule has 0 bridgehead atoms. The zero-order valence-electron chi connectivity index (χ0n) is 16.0. The van der Waals surface area contributed by atoms with Gasteiger partial charge in [0.25, 0.3) is 0 Å². The highest BCUT2D eigenvalue weighted by Crippen LogP contribution is 2.42. The summed E-state index contributed by atoms with van der Waals surface area (Å²) in [6, 6.07) is 22.8. The van der Waals surface area contributed by atoms with Gasteiger partial charge in [0.2, 0.25) is 0 Å². The fourth-order valence-corrected chi connectivity index (χ4v) is 4.64. The van der Waals surface area contributed by atoms with Crippen molar-refractivity contribution in [3.05, 3.63) is 83.6 Å². The lowest BCUT2D eigenvalue weighted by molar-refractivity contribution is -0.147. The molecule has 5 rings (SSSR count). The van der Waals surface area contributed by atoms with Crippen LogP contribution in [0.25, 0.3) is 21.7 Å². The quantitative estimate of drug-likeness (QED) is 0.531. The van der Waals surface area contributed by atoms with E-state index in [4.69, 9.17) is 4.74 Å². The molecule has 140 valence electrons. The number of H-pyrrole nitrogens is 1. The number of fused-ring (bicyclic) bond motifs is 4. The Morgan fingerprint density at radius 1 is 1.00 bits per heavy atom. The molecule has 2 heterocycles. The second kappa shape index (κ2) is 6.50. The van der Waals surface area contributed by atoms with E-state index in [-0.39, 0.29) is 18.1 Å². The number of rotatable bonds is 2. The Hall–Kier alpha value is -3.11. The van der Waals surface area contributed by atoms with Gasteiger partial charge < -0.3 is 9.72 Å². The van der Waals surface area contributed by atoms with Crippen LogP contribution in [0.1, 0.15) is 22.9 Å². The van der Waals surface area contributed by atoms with Gasteiger partial charge >= 0.3 is 5.97 Å². The van der Waals surface area contributed by atoms with Gasteiger partial charge in [-0.2, -0.15) is 0 Å². The van der Waals surface area contributed by atoms with E-state index in [1.54, 1.807) is 0 Å². The van der Waals surface area contributed by atoms with Crippen molar-refractivity contribution in [3.8, 4) is 0 Å². The summed E-state index contributed by atoms with van der Waals surface area (Å²) in [5, 5.41) is 3.59. The molecule has 0 amide bonds. The predicted octanol–water partition coefficient (Wildman–Crippen LogP) is 4.44. The Labute approximate surface area is 163 Å². The van der Waals surface area contributed by atoms with E-state index in [1.165, 1.54) is 40.1 Å². The summed E-state index contributed by atoms with van der Waals surface area (Å²) < 4.78 is 5.14. The number of ether oxygens (including phenoxy) is 1. The maximum Gasteiger partial charge on any atom is 0.323 e. The van der Waals surface area contributed by atoms with E-state index >= 15 is 0 Å². The number of benzene rings is 3. The number of esters is 1. The summed E-state index contributed by atoms with van der Waals surface area (Å²) in [6.45, 7) is 0. The largest absolute Gasteiger partial charge is 0.468 e. The fourth-order valence-electron chi connectivity index (χ4n) is 4.64. The minimum absolute atomic E-state index is 0.0497.